The van der Waals surface area contributed by atoms with Crippen molar-refractivity contribution in [2.45, 2.75) is 13.1 Å². The molecule has 1 aliphatic rings. The van der Waals surface area contributed by atoms with Crippen molar-refractivity contribution < 1.29 is 23.7 Å². The first kappa shape index (κ1) is 21.5. The summed E-state index contributed by atoms with van der Waals surface area (Å²) >= 11 is 4.05. The van der Waals surface area contributed by atoms with Gasteiger partial charge in [0.25, 0.3) is 11.8 Å². The fraction of sp³-hybridized carbons (Fsp3) is 0.174. The average Bonchev–Trinajstić information content (AvgIpc) is 3.22. The Balaban J connectivity index is 1.48. The van der Waals surface area contributed by atoms with Gasteiger partial charge in [0.2, 0.25) is 6.33 Å². The van der Waals surface area contributed by atoms with Crippen molar-refractivity contribution in [1.82, 2.24) is 9.88 Å². The maximum Gasteiger partial charge on any atom is 0.266 e. The molecule has 9 heteroatoms. The number of thiol groups is 1. The average molecular weight is 450 g/mol. The second-order valence-corrected chi connectivity index (χ2v) is 7.76. The van der Waals surface area contributed by atoms with Crippen LogP contribution >= 0.6 is 12.6 Å². The lowest BCUT2D eigenvalue weighted by Gasteiger charge is -2.20. The van der Waals surface area contributed by atoms with Gasteiger partial charge < -0.3 is 10.6 Å². The lowest BCUT2D eigenvalue weighted by atomic mass is 9.83. The Bertz CT molecular complexity index is 1230. The van der Waals surface area contributed by atoms with Gasteiger partial charge in [-0.25, -0.2) is 9.13 Å². The van der Waals surface area contributed by atoms with E-state index in [1.807, 2.05) is 0 Å². The minimum absolute atomic E-state index is 0.0202. The number of fused-ring (bicyclic) bond motifs is 2. The number of anilines is 1. The molecule has 3 aromatic rings. The van der Waals surface area contributed by atoms with Crippen LogP contribution < -0.4 is 15.2 Å². The molecule has 32 heavy (non-hydrogen) atoms. The Kier molecular flexibility index (Phi) is 6.18. The highest BCUT2D eigenvalue weighted by atomic mass is 32.1. The lowest BCUT2D eigenvalue weighted by Crippen LogP contribution is -2.42. The number of rotatable bonds is 7. The number of hydrogen-bond donors (Lipinski definition) is 3. The van der Waals surface area contributed by atoms with Gasteiger partial charge in [-0.2, -0.15) is 12.6 Å². The second-order valence-electron chi connectivity index (χ2n) is 7.31. The van der Waals surface area contributed by atoms with E-state index >= 15 is 0 Å². The van der Waals surface area contributed by atoms with Crippen LogP contribution in [0.3, 0.4) is 0 Å². The number of ketones is 2. The van der Waals surface area contributed by atoms with Crippen molar-refractivity contribution in [1.29, 1.82) is 0 Å². The minimum atomic E-state index is -0.361. The van der Waals surface area contributed by atoms with Crippen molar-refractivity contribution in [3.05, 3.63) is 83.4 Å². The summed E-state index contributed by atoms with van der Waals surface area (Å²) in [5.74, 6) is -0.489. The first-order valence-corrected chi connectivity index (χ1v) is 10.6. The molecule has 2 aromatic carbocycles. The molecule has 0 spiro atoms. The summed E-state index contributed by atoms with van der Waals surface area (Å²) in [5, 5.41) is 5.47. The Labute approximate surface area is 189 Å². The molecule has 0 aliphatic heterocycles. The van der Waals surface area contributed by atoms with E-state index in [2.05, 4.69) is 23.3 Å². The van der Waals surface area contributed by atoms with Crippen LogP contribution in [0.5, 0.6) is 0 Å². The zero-order valence-electron chi connectivity index (χ0n) is 17.1. The largest absolute Gasteiger partial charge is 0.352 e. The van der Waals surface area contributed by atoms with Gasteiger partial charge in [0.1, 0.15) is 12.4 Å². The van der Waals surface area contributed by atoms with Crippen molar-refractivity contribution >= 4 is 41.7 Å². The fourth-order valence-corrected chi connectivity index (χ4v) is 3.76. The molecule has 2 N–H and O–H groups in total. The van der Waals surface area contributed by atoms with Gasteiger partial charge in [-0.1, -0.05) is 36.4 Å². The number of aromatic nitrogens is 2. The summed E-state index contributed by atoms with van der Waals surface area (Å²) in [6.07, 6.45) is 5.01. The number of amides is 2. The third kappa shape index (κ3) is 4.33. The number of hydrogen-bond acceptors (Lipinski definition) is 5. The van der Waals surface area contributed by atoms with Crippen molar-refractivity contribution in [3.8, 4) is 0 Å². The van der Waals surface area contributed by atoms with Crippen LogP contribution in [-0.4, -0.2) is 40.2 Å². The first-order valence-electron chi connectivity index (χ1n) is 10.0. The number of carbonyl (C=O) groups is 4. The standard InChI is InChI=1S/C23H20N4O4S/c28-19(24-8-11-32)12-26-9-10-27(14-26)13-20(29)25-18-7-3-6-17-21(18)23(31)16-5-2-1-4-15(16)22(17)30/h1-7,9-10,14H,8,11-13H2,(H2-,24,25,28,29,32)/p+1. The van der Waals surface area contributed by atoms with Crippen LogP contribution in [0.25, 0.3) is 0 Å². The second kappa shape index (κ2) is 9.19. The van der Waals surface area contributed by atoms with E-state index in [-0.39, 0.29) is 47.6 Å². The molecule has 2 amide bonds. The smallest absolute Gasteiger partial charge is 0.266 e. The summed E-state index contributed by atoms with van der Waals surface area (Å²) in [5.41, 5.74) is 1.47. The van der Waals surface area contributed by atoms with Crippen molar-refractivity contribution in [3.63, 3.8) is 0 Å². The molecule has 0 atom stereocenters. The lowest BCUT2D eigenvalue weighted by molar-refractivity contribution is -0.684. The molecule has 1 heterocycles. The van der Waals surface area contributed by atoms with Crippen molar-refractivity contribution in [2.24, 2.45) is 0 Å². The molecule has 0 saturated carbocycles. The maximum atomic E-state index is 13.0. The third-order valence-electron chi connectivity index (χ3n) is 5.06. The molecule has 0 radical (unpaired) electrons. The van der Waals surface area contributed by atoms with E-state index in [9.17, 15) is 19.2 Å². The van der Waals surface area contributed by atoms with Crippen LogP contribution in [0.2, 0.25) is 0 Å². The third-order valence-corrected chi connectivity index (χ3v) is 5.28. The highest BCUT2D eigenvalue weighted by Gasteiger charge is 2.31. The van der Waals surface area contributed by atoms with Gasteiger partial charge in [0, 0.05) is 29.0 Å². The molecule has 0 bridgehead atoms. The molecule has 1 aliphatic carbocycles. The van der Waals surface area contributed by atoms with Crippen LogP contribution in [0, 0.1) is 0 Å². The summed E-state index contributed by atoms with van der Waals surface area (Å²) < 4.78 is 3.28. The zero-order chi connectivity index (χ0) is 22.7. The van der Waals surface area contributed by atoms with Crippen LogP contribution in [-0.2, 0) is 22.7 Å². The molecule has 1 aromatic heterocycles. The van der Waals surface area contributed by atoms with Gasteiger partial charge in [-0.3, -0.25) is 19.2 Å². The predicted molar refractivity (Wildman–Crippen MR) is 120 cm³/mol. The normalized spacial score (nSPS) is 12.2. The quantitative estimate of drug-likeness (QED) is 0.292. The van der Waals surface area contributed by atoms with Gasteiger partial charge in [-0.05, 0) is 6.07 Å². The Morgan fingerprint density at radius 1 is 0.938 bits per heavy atom. The van der Waals surface area contributed by atoms with Gasteiger partial charge in [-0.15, -0.1) is 0 Å². The molecular weight excluding hydrogens is 428 g/mol. The van der Waals surface area contributed by atoms with E-state index in [1.54, 1.807) is 70.3 Å². The minimum Gasteiger partial charge on any atom is -0.352 e. The van der Waals surface area contributed by atoms with E-state index < -0.39 is 0 Å². The summed E-state index contributed by atoms with van der Waals surface area (Å²) in [6, 6.07) is 11.5. The van der Waals surface area contributed by atoms with Crippen LogP contribution in [0.4, 0.5) is 5.69 Å². The zero-order valence-corrected chi connectivity index (χ0v) is 18.0. The Morgan fingerprint density at radius 2 is 1.66 bits per heavy atom. The molecule has 0 saturated heterocycles. The molecule has 0 unspecified atom stereocenters. The number of benzene rings is 2. The Morgan fingerprint density at radius 3 is 2.41 bits per heavy atom. The number of imidazole rings is 1. The molecule has 0 fully saturated rings. The highest BCUT2D eigenvalue weighted by molar-refractivity contribution is 7.80. The SMILES string of the molecule is O=C(C[n+]1ccn(CC(=O)Nc2cccc3c2C(=O)c2ccccc2C3=O)c1)NCCS. The molecule has 8 nitrogen and oxygen atoms in total. The van der Waals surface area contributed by atoms with E-state index in [0.717, 1.165) is 0 Å². The van der Waals surface area contributed by atoms with Crippen molar-refractivity contribution in [2.75, 3.05) is 17.6 Å². The molecule has 162 valence electrons. The van der Waals surface area contributed by atoms with Gasteiger partial charge in [0.15, 0.2) is 24.7 Å². The highest BCUT2D eigenvalue weighted by Crippen LogP contribution is 2.31. The fourth-order valence-electron chi connectivity index (χ4n) is 3.65. The van der Waals surface area contributed by atoms with Gasteiger partial charge in [0.05, 0.1) is 11.3 Å². The Hall–Kier alpha value is -3.72. The first-order chi connectivity index (χ1) is 15.5. The van der Waals surface area contributed by atoms with E-state index in [4.69, 9.17) is 0 Å². The number of nitrogens with one attached hydrogen (secondary N) is 2. The predicted octanol–water partition coefficient (Wildman–Crippen LogP) is 1.24. The summed E-state index contributed by atoms with van der Waals surface area (Å²) in [7, 11) is 0. The monoisotopic (exact) mass is 449 g/mol. The number of nitrogens with zero attached hydrogens (tertiary/aromatic N) is 2. The summed E-state index contributed by atoms with van der Waals surface area (Å²) in [6.45, 7) is 0.594. The van der Waals surface area contributed by atoms with Crippen LogP contribution in [0.15, 0.2) is 61.2 Å². The van der Waals surface area contributed by atoms with Gasteiger partial charge >= 0.3 is 0 Å². The maximum absolute atomic E-state index is 13.0. The number of carbonyl (C=O) groups excluding carboxylic acids is 4. The van der Waals surface area contributed by atoms with E-state index in [1.165, 1.54) is 0 Å². The van der Waals surface area contributed by atoms with Crippen LogP contribution in [0.1, 0.15) is 31.8 Å². The van der Waals surface area contributed by atoms with E-state index in [0.29, 0.717) is 29.1 Å². The molecular formula is C23H21N4O4S+. The topological polar surface area (TPSA) is 101 Å². The summed E-state index contributed by atoms with van der Waals surface area (Å²) in [4.78, 5) is 50.3. The molecule has 4 rings (SSSR count).